The fraction of sp³-hybridized carbons (Fsp3) is 0.583. The molecule has 0 aromatic carbocycles. The maximum absolute atomic E-state index is 11.5. The van der Waals surface area contributed by atoms with Crippen molar-refractivity contribution in [1.29, 1.82) is 0 Å². The van der Waals surface area contributed by atoms with Crippen molar-refractivity contribution in [1.82, 2.24) is 20.6 Å². The average molecular weight is 251 g/mol. The maximum Gasteiger partial charge on any atom is 0.239 e. The van der Waals surface area contributed by atoms with Crippen LogP contribution in [0.5, 0.6) is 0 Å². The Kier molecular flexibility index (Phi) is 6.07. The smallest absolute Gasteiger partial charge is 0.239 e. The molecular weight excluding hydrogens is 230 g/mol. The van der Waals surface area contributed by atoms with Crippen LogP contribution in [-0.2, 0) is 11.3 Å². The number of hydrogen-bond donors (Lipinski definition) is 2. The van der Waals surface area contributed by atoms with Gasteiger partial charge < -0.3 is 15.5 Å². The fourth-order valence-corrected chi connectivity index (χ4v) is 1.45. The summed E-state index contributed by atoms with van der Waals surface area (Å²) in [7, 11) is 3.68. The molecule has 0 radical (unpaired) electrons. The first-order valence-corrected chi connectivity index (χ1v) is 6.10. The number of nitrogens with one attached hydrogen (secondary N) is 2. The van der Waals surface area contributed by atoms with Crippen LogP contribution in [0.4, 0.5) is 5.95 Å². The van der Waals surface area contributed by atoms with Crippen LogP contribution in [0.2, 0.25) is 0 Å². The number of amides is 1. The van der Waals surface area contributed by atoms with Crippen molar-refractivity contribution in [2.24, 2.45) is 0 Å². The number of hydrogen-bond acceptors (Lipinski definition) is 5. The number of anilines is 1. The molecular formula is C12H21N5O. The van der Waals surface area contributed by atoms with Crippen molar-refractivity contribution in [2.45, 2.75) is 19.9 Å². The topological polar surface area (TPSA) is 70.2 Å². The van der Waals surface area contributed by atoms with Gasteiger partial charge in [0, 0.05) is 38.1 Å². The molecule has 0 aliphatic heterocycles. The van der Waals surface area contributed by atoms with E-state index in [1.807, 2.05) is 14.0 Å². The highest BCUT2D eigenvalue weighted by molar-refractivity contribution is 5.80. The second-order valence-electron chi connectivity index (χ2n) is 4.13. The molecule has 6 heteroatoms. The predicted molar refractivity (Wildman–Crippen MR) is 71.4 cm³/mol. The van der Waals surface area contributed by atoms with E-state index in [-0.39, 0.29) is 12.5 Å². The van der Waals surface area contributed by atoms with Gasteiger partial charge in [0.1, 0.15) is 0 Å². The third-order valence-corrected chi connectivity index (χ3v) is 2.37. The number of carbonyl (C=O) groups is 1. The van der Waals surface area contributed by atoms with Crippen LogP contribution in [0.25, 0.3) is 0 Å². The van der Waals surface area contributed by atoms with E-state index in [2.05, 4.69) is 20.6 Å². The van der Waals surface area contributed by atoms with Gasteiger partial charge in [0.15, 0.2) is 0 Å². The third kappa shape index (κ3) is 4.67. The standard InChI is InChI=1S/C12H21N5O/c1-4-5-14-11(18)9-17(3)12-15-7-10(6-13-2)8-16-12/h7-8,13H,4-6,9H2,1-3H3,(H,14,18). The van der Waals surface area contributed by atoms with Crippen molar-refractivity contribution >= 4 is 11.9 Å². The Hall–Kier alpha value is -1.69. The predicted octanol–water partition coefficient (Wildman–Crippen LogP) is 0.158. The molecule has 18 heavy (non-hydrogen) atoms. The molecule has 0 spiro atoms. The van der Waals surface area contributed by atoms with Gasteiger partial charge in [-0.05, 0) is 13.5 Å². The molecule has 0 bridgehead atoms. The minimum atomic E-state index is -0.0118. The van der Waals surface area contributed by atoms with E-state index in [4.69, 9.17) is 0 Å². The van der Waals surface area contributed by atoms with Crippen molar-refractivity contribution in [3.8, 4) is 0 Å². The quantitative estimate of drug-likeness (QED) is 0.722. The van der Waals surface area contributed by atoms with E-state index in [1.165, 1.54) is 0 Å². The van der Waals surface area contributed by atoms with Gasteiger partial charge in [-0.1, -0.05) is 6.92 Å². The Morgan fingerprint density at radius 1 is 1.39 bits per heavy atom. The van der Waals surface area contributed by atoms with E-state index in [0.717, 1.165) is 18.5 Å². The van der Waals surface area contributed by atoms with E-state index in [0.29, 0.717) is 12.5 Å². The Morgan fingerprint density at radius 3 is 2.61 bits per heavy atom. The average Bonchev–Trinajstić information content (AvgIpc) is 2.37. The van der Waals surface area contributed by atoms with E-state index < -0.39 is 0 Å². The van der Waals surface area contributed by atoms with Crippen molar-refractivity contribution in [2.75, 3.05) is 32.1 Å². The Morgan fingerprint density at radius 2 is 2.06 bits per heavy atom. The molecule has 0 unspecified atom stereocenters. The molecule has 1 rings (SSSR count). The molecule has 1 heterocycles. The second kappa shape index (κ2) is 7.60. The summed E-state index contributed by atoms with van der Waals surface area (Å²) in [5.74, 6) is 0.545. The number of rotatable bonds is 7. The van der Waals surface area contributed by atoms with Crippen LogP contribution in [0.1, 0.15) is 18.9 Å². The van der Waals surface area contributed by atoms with Crippen LogP contribution in [0.3, 0.4) is 0 Å². The Balaban J connectivity index is 2.50. The molecule has 2 N–H and O–H groups in total. The molecule has 0 saturated carbocycles. The first-order chi connectivity index (χ1) is 8.67. The molecule has 0 fully saturated rings. The van der Waals surface area contributed by atoms with Crippen LogP contribution < -0.4 is 15.5 Å². The van der Waals surface area contributed by atoms with Crippen LogP contribution in [0, 0.1) is 0 Å². The van der Waals surface area contributed by atoms with Gasteiger partial charge in [-0.3, -0.25) is 4.79 Å². The molecule has 0 aliphatic rings. The molecule has 100 valence electrons. The van der Waals surface area contributed by atoms with Gasteiger partial charge >= 0.3 is 0 Å². The Bertz CT molecular complexity index is 365. The minimum Gasteiger partial charge on any atom is -0.355 e. The zero-order chi connectivity index (χ0) is 13.4. The van der Waals surface area contributed by atoms with E-state index in [1.54, 1.807) is 24.3 Å². The molecule has 1 amide bonds. The minimum absolute atomic E-state index is 0.0118. The summed E-state index contributed by atoms with van der Waals surface area (Å²) in [5.41, 5.74) is 1.02. The summed E-state index contributed by atoms with van der Waals surface area (Å²) in [6.45, 7) is 3.73. The SMILES string of the molecule is CCCNC(=O)CN(C)c1ncc(CNC)cn1. The monoisotopic (exact) mass is 251 g/mol. The first kappa shape index (κ1) is 14.4. The first-order valence-electron chi connectivity index (χ1n) is 6.10. The van der Waals surface area contributed by atoms with E-state index >= 15 is 0 Å². The summed E-state index contributed by atoms with van der Waals surface area (Å²) < 4.78 is 0. The zero-order valence-electron chi connectivity index (χ0n) is 11.2. The normalized spacial score (nSPS) is 10.2. The van der Waals surface area contributed by atoms with Gasteiger partial charge in [-0.15, -0.1) is 0 Å². The highest BCUT2D eigenvalue weighted by Gasteiger charge is 2.08. The number of aromatic nitrogens is 2. The van der Waals surface area contributed by atoms with Gasteiger partial charge in [0.2, 0.25) is 11.9 Å². The molecule has 0 saturated heterocycles. The van der Waals surface area contributed by atoms with Crippen molar-refractivity contribution in [3.63, 3.8) is 0 Å². The largest absolute Gasteiger partial charge is 0.355 e. The van der Waals surface area contributed by atoms with Crippen molar-refractivity contribution in [3.05, 3.63) is 18.0 Å². The number of likely N-dealkylation sites (N-methyl/N-ethyl adjacent to an activating group) is 1. The zero-order valence-corrected chi connectivity index (χ0v) is 11.2. The number of nitrogens with zero attached hydrogens (tertiary/aromatic N) is 3. The third-order valence-electron chi connectivity index (χ3n) is 2.37. The summed E-state index contributed by atoms with van der Waals surface area (Å²) >= 11 is 0. The lowest BCUT2D eigenvalue weighted by Gasteiger charge is -2.16. The second-order valence-corrected chi connectivity index (χ2v) is 4.13. The van der Waals surface area contributed by atoms with Gasteiger partial charge in [0.05, 0.1) is 6.54 Å². The van der Waals surface area contributed by atoms with Crippen LogP contribution >= 0.6 is 0 Å². The molecule has 1 aromatic heterocycles. The summed E-state index contributed by atoms with van der Waals surface area (Å²) in [5, 5.41) is 5.85. The van der Waals surface area contributed by atoms with Gasteiger partial charge in [-0.2, -0.15) is 0 Å². The lowest BCUT2D eigenvalue weighted by atomic mass is 10.3. The lowest BCUT2D eigenvalue weighted by Crippen LogP contribution is -2.36. The molecule has 1 aromatic rings. The summed E-state index contributed by atoms with van der Waals surface area (Å²) in [6.07, 6.45) is 4.46. The van der Waals surface area contributed by atoms with Crippen molar-refractivity contribution < 1.29 is 4.79 Å². The fourth-order valence-electron chi connectivity index (χ4n) is 1.45. The Labute approximate surface area is 108 Å². The highest BCUT2D eigenvalue weighted by atomic mass is 16.2. The number of carbonyl (C=O) groups excluding carboxylic acids is 1. The lowest BCUT2D eigenvalue weighted by molar-refractivity contribution is -0.119. The van der Waals surface area contributed by atoms with Gasteiger partial charge in [-0.25, -0.2) is 9.97 Å². The highest BCUT2D eigenvalue weighted by Crippen LogP contribution is 2.04. The maximum atomic E-state index is 11.5. The summed E-state index contributed by atoms with van der Waals surface area (Å²) in [4.78, 5) is 21.7. The summed E-state index contributed by atoms with van der Waals surface area (Å²) in [6, 6.07) is 0. The van der Waals surface area contributed by atoms with Crippen LogP contribution in [-0.4, -0.2) is 43.1 Å². The molecule has 0 atom stereocenters. The van der Waals surface area contributed by atoms with Gasteiger partial charge in [0.25, 0.3) is 0 Å². The van der Waals surface area contributed by atoms with E-state index in [9.17, 15) is 4.79 Å². The molecule has 6 nitrogen and oxygen atoms in total. The molecule has 0 aliphatic carbocycles. The van der Waals surface area contributed by atoms with Crippen LogP contribution in [0.15, 0.2) is 12.4 Å².